The Balaban J connectivity index is 2.07. The summed E-state index contributed by atoms with van der Waals surface area (Å²) >= 11 is 3.52. The predicted molar refractivity (Wildman–Crippen MR) is 91.0 cm³/mol. The highest BCUT2D eigenvalue weighted by atomic mass is 79.9. The van der Waals surface area contributed by atoms with Gasteiger partial charge in [0.1, 0.15) is 0 Å². The van der Waals surface area contributed by atoms with E-state index in [0.29, 0.717) is 11.5 Å². The van der Waals surface area contributed by atoms with E-state index in [1.807, 2.05) is 0 Å². The maximum absolute atomic E-state index is 3.55. The molecule has 1 aliphatic rings. The predicted octanol–water partition coefficient (Wildman–Crippen LogP) is 5.04. The van der Waals surface area contributed by atoms with Gasteiger partial charge in [0.05, 0.1) is 0 Å². The van der Waals surface area contributed by atoms with Crippen molar-refractivity contribution in [1.82, 2.24) is 5.32 Å². The average Bonchev–Trinajstić information content (AvgIpc) is 2.40. The van der Waals surface area contributed by atoms with Crippen LogP contribution in [-0.4, -0.2) is 13.1 Å². The minimum Gasteiger partial charge on any atom is -0.317 e. The molecule has 0 aliphatic heterocycles. The second kappa shape index (κ2) is 6.62. The molecule has 3 atom stereocenters. The summed E-state index contributed by atoms with van der Waals surface area (Å²) in [5, 5.41) is 3.55. The van der Waals surface area contributed by atoms with E-state index in [-0.39, 0.29) is 0 Å². The van der Waals surface area contributed by atoms with Gasteiger partial charge in [-0.3, -0.25) is 0 Å². The molecule has 2 rings (SSSR count). The van der Waals surface area contributed by atoms with Crippen molar-refractivity contribution >= 4 is 15.9 Å². The lowest BCUT2D eigenvalue weighted by molar-refractivity contribution is 0.117. The fourth-order valence-corrected chi connectivity index (χ4v) is 3.84. The van der Waals surface area contributed by atoms with Gasteiger partial charge in [-0.15, -0.1) is 0 Å². The maximum atomic E-state index is 3.55. The van der Waals surface area contributed by atoms with Crippen LogP contribution in [0.2, 0.25) is 0 Å². The van der Waals surface area contributed by atoms with Crippen molar-refractivity contribution in [2.24, 2.45) is 17.3 Å². The van der Waals surface area contributed by atoms with Gasteiger partial charge in [0.25, 0.3) is 0 Å². The lowest BCUT2D eigenvalue weighted by atomic mass is 9.66. The van der Waals surface area contributed by atoms with Gasteiger partial charge in [-0.25, -0.2) is 0 Å². The molecule has 0 saturated heterocycles. The van der Waals surface area contributed by atoms with Gasteiger partial charge in [-0.2, -0.15) is 0 Å². The second-order valence-corrected chi connectivity index (χ2v) is 8.28. The third kappa shape index (κ3) is 4.08. The molecule has 0 heterocycles. The van der Waals surface area contributed by atoms with Crippen molar-refractivity contribution in [3.05, 3.63) is 34.3 Å². The Hall–Kier alpha value is -0.340. The Morgan fingerprint density at radius 1 is 1.15 bits per heavy atom. The minimum atomic E-state index is 0.441. The van der Waals surface area contributed by atoms with E-state index >= 15 is 0 Å². The number of halogens is 1. The van der Waals surface area contributed by atoms with E-state index in [0.717, 1.165) is 11.8 Å². The summed E-state index contributed by atoms with van der Waals surface area (Å²) in [6.07, 6.45) is 5.24. The minimum absolute atomic E-state index is 0.441. The van der Waals surface area contributed by atoms with E-state index in [1.165, 1.54) is 35.7 Å². The molecule has 2 heteroatoms. The maximum Gasteiger partial charge on any atom is 0.0175 e. The number of benzene rings is 1. The van der Waals surface area contributed by atoms with Crippen LogP contribution in [0, 0.1) is 17.3 Å². The van der Waals surface area contributed by atoms with Gasteiger partial charge in [0.2, 0.25) is 0 Å². The Kier molecular flexibility index (Phi) is 5.30. The second-order valence-electron chi connectivity index (χ2n) is 7.36. The Bertz CT molecular complexity index is 418. The first-order valence-corrected chi connectivity index (χ1v) is 8.61. The molecule has 112 valence electrons. The summed E-state index contributed by atoms with van der Waals surface area (Å²) < 4.78 is 1.17. The number of nitrogens with one attached hydrogen (secondary N) is 1. The first-order chi connectivity index (χ1) is 9.40. The van der Waals surface area contributed by atoms with Crippen LogP contribution >= 0.6 is 15.9 Å². The van der Waals surface area contributed by atoms with Crippen LogP contribution in [0.3, 0.4) is 0 Å². The fraction of sp³-hybridized carbons (Fsp3) is 0.667. The lowest BCUT2D eigenvalue weighted by Gasteiger charge is -2.42. The number of rotatable bonds is 3. The first-order valence-electron chi connectivity index (χ1n) is 7.82. The molecule has 1 N–H and O–H groups in total. The smallest absolute Gasteiger partial charge is 0.0175 e. The topological polar surface area (TPSA) is 12.0 Å². The molecule has 20 heavy (non-hydrogen) atoms. The quantitative estimate of drug-likeness (QED) is 0.814. The van der Waals surface area contributed by atoms with Gasteiger partial charge in [-0.1, -0.05) is 48.8 Å². The Morgan fingerprint density at radius 3 is 2.35 bits per heavy atom. The van der Waals surface area contributed by atoms with Gasteiger partial charge in [0.15, 0.2) is 0 Å². The van der Waals surface area contributed by atoms with Crippen LogP contribution in [0.5, 0.6) is 0 Å². The summed E-state index contributed by atoms with van der Waals surface area (Å²) in [5.74, 6) is 1.62. The Labute approximate surface area is 132 Å². The normalized spacial score (nSPS) is 27.6. The van der Waals surface area contributed by atoms with Crippen LogP contribution in [0.4, 0.5) is 0 Å². The lowest BCUT2D eigenvalue weighted by Crippen LogP contribution is -2.42. The number of hydrogen-bond acceptors (Lipinski definition) is 1. The van der Waals surface area contributed by atoms with Gasteiger partial charge >= 0.3 is 0 Å². The summed E-state index contributed by atoms with van der Waals surface area (Å²) in [6.45, 7) is 7.19. The summed E-state index contributed by atoms with van der Waals surface area (Å²) in [7, 11) is 2.12. The first kappa shape index (κ1) is 16.0. The van der Waals surface area contributed by atoms with Crippen molar-refractivity contribution in [1.29, 1.82) is 0 Å². The van der Waals surface area contributed by atoms with Crippen LogP contribution in [0.1, 0.15) is 45.6 Å². The van der Waals surface area contributed by atoms with Crippen molar-refractivity contribution < 1.29 is 0 Å². The third-order valence-electron chi connectivity index (χ3n) is 4.99. The average molecular weight is 338 g/mol. The Morgan fingerprint density at radius 2 is 1.80 bits per heavy atom. The monoisotopic (exact) mass is 337 g/mol. The van der Waals surface area contributed by atoms with Gasteiger partial charge in [0, 0.05) is 10.5 Å². The van der Waals surface area contributed by atoms with Crippen molar-refractivity contribution in [2.75, 3.05) is 7.05 Å². The molecule has 0 bridgehead atoms. The largest absolute Gasteiger partial charge is 0.317 e. The molecule has 1 fully saturated rings. The van der Waals surface area contributed by atoms with Crippen LogP contribution in [0.25, 0.3) is 0 Å². The third-order valence-corrected chi connectivity index (χ3v) is 5.52. The molecular formula is C18H28BrN. The van der Waals surface area contributed by atoms with Gasteiger partial charge < -0.3 is 5.32 Å². The molecule has 1 aliphatic carbocycles. The SMILES string of the molecule is CNC1CCC(C(C)(C)C)CC1Cc1ccc(Br)cc1. The molecule has 1 nitrogen and oxygen atoms in total. The van der Waals surface area contributed by atoms with Crippen LogP contribution in [0.15, 0.2) is 28.7 Å². The van der Waals surface area contributed by atoms with Crippen LogP contribution in [-0.2, 0) is 6.42 Å². The highest BCUT2D eigenvalue weighted by Gasteiger charge is 2.35. The summed E-state index contributed by atoms with van der Waals surface area (Å²) in [5.41, 5.74) is 1.91. The zero-order chi connectivity index (χ0) is 14.8. The van der Waals surface area contributed by atoms with Crippen molar-refractivity contribution in [2.45, 2.75) is 52.5 Å². The van der Waals surface area contributed by atoms with E-state index in [2.05, 4.69) is 73.3 Å². The molecule has 1 aromatic rings. The fourth-order valence-electron chi connectivity index (χ4n) is 3.58. The van der Waals surface area contributed by atoms with E-state index in [9.17, 15) is 0 Å². The molecule has 1 saturated carbocycles. The molecule has 0 amide bonds. The van der Waals surface area contributed by atoms with E-state index in [1.54, 1.807) is 0 Å². The van der Waals surface area contributed by atoms with E-state index < -0.39 is 0 Å². The molecule has 0 aromatic heterocycles. The molecule has 1 aromatic carbocycles. The van der Waals surface area contributed by atoms with Crippen molar-refractivity contribution in [3.8, 4) is 0 Å². The summed E-state index contributed by atoms with van der Waals surface area (Å²) in [4.78, 5) is 0. The van der Waals surface area contributed by atoms with Crippen molar-refractivity contribution in [3.63, 3.8) is 0 Å². The highest BCUT2D eigenvalue weighted by molar-refractivity contribution is 9.10. The number of hydrogen-bond donors (Lipinski definition) is 1. The zero-order valence-electron chi connectivity index (χ0n) is 13.2. The van der Waals surface area contributed by atoms with Gasteiger partial charge in [-0.05, 0) is 67.7 Å². The highest BCUT2D eigenvalue weighted by Crippen LogP contribution is 2.41. The standard InChI is InChI=1S/C18H28BrN/c1-18(2,3)15-7-10-17(20-4)14(12-15)11-13-5-8-16(19)9-6-13/h5-6,8-9,14-15,17,20H,7,10-12H2,1-4H3. The molecule has 0 radical (unpaired) electrons. The molecule has 3 unspecified atom stereocenters. The van der Waals surface area contributed by atoms with E-state index in [4.69, 9.17) is 0 Å². The zero-order valence-corrected chi connectivity index (χ0v) is 14.8. The van der Waals surface area contributed by atoms with Crippen LogP contribution < -0.4 is 5.32 Å². The molecular weight excluding hydrogens is 310 g/mol. The summed E-state index contributed by atoms with van der Waals surface area (Å²) in [6, 6.07) is 9.52. The molecule has 0 spiro atoms.